The van der Waals surface area contributed by atoms with Crippen molar-refractivity contribution < 1.29 is 43.8 Å². The van der Waals surface area contributed by atoms with Gasteiger partial charge in [0.05, 0.1) is 18.8 Å². The van der Waals surface area contributed by atoms with Crippen molar-refractivity contribution in [1.82, 2.24) is 0 Å². The van der Waals surface area contributed by atoms with Crippen LogP contribution in [-0.2, 0) is 30.2 Å². The summed E-state index contributed by atoms with van der Waals surface area (Å²) >= 11 is 6.49. The summed E-state index contributed by atoms with van der Waals surface area (Å²) in [4.78, 5) is 12.1. The first-order valence-corrected chi connectivity index (χ1v) is 13.5. The molecular weight excluding hydrogens is 528 g/mol. The molecule has 0 amide bonds. The van der Waals surface area contributed by atoms with E-state index in [-0.39, 0.29) is 19.3 Å². The van der Waals surface area contributed by atoms with E-state index < -0.39 is 42.1 Å². The number of benzene rings is 2. The van der Waals surface area contributed by atoms with Gasteiger partial charge in [-0.05, 0) is 62.1 Å². The number of rotatable bonds is 9. The van der Waals surface area contributed by atoms with Gasteiger partial charge in [0, 0.05) is 11.4 Å². The minimum Gasteiger partial charge on any atom is -0.488 e. The maximum atomic E-state index is 12.1. The number of halogens is 1. The van der Waals surface area contributed by atoms with Crippen molar-refractivity contribution in [1.29, 1.82) is 0 Å². The van der Waals surface area contributed by atoms with Crippen molar-refractivity contribution >= 4 is 17.6 Å². The second-order valence-electron chi connectivity index (χ2n) is 10.9. The second-order valence-corrected chi connectivity index (χ2v) is 11.3. The van der Waals surface area contributed by atoms with Gasteiger partial charge in [0.15, 0.2) is 0 Å². The number of carbonyl (C=O) groups excluding carboxylic acids is 1. The number of aliphatic hydroxyl groups excluding tert-OH is 3. The van der Waals surface area contributed by atoms with Crippen molar-refractivity contribution in [3.8, 4) is 5.75 Å². The Hall–Kier alpha value is -2.24. The lowest BCUT2D eigenvalue weighted by atomic mass is 9.90. The third-order valence-corrected chi connectivity index (χ3v) is 7.02. The second kappa shape index (κ2) is 13.0. The maximum Gasteiger partial charge on any atom is 0.332 e. The average molecular weight is 565 g/mol. The molecule has 2 aromatic carbocycles. The van der Waals surface area contributed by atoms with Gasteiger partial charge in [-0.1, -0.05) is 35.9 Å². The Morgan fingerprint density at radius 2 is 1.79 bits per heavy atom. The zero-order valence-electron chi connectivity index (χ0n) is 22.4. The molecule has 0 aliphatic carbocycles. The fraction of sp³-hybridized carbons (Fsp3) is 0.552. The van der Waals surface area contributed by atoms with Crippen LogP contribution in [0.5, 0.6) is 5.75 Å². The van der Waals surface area contributed by atoms with Gasteiger partial charge in [0.1, 0.15) is 55.6 Å². The third kappa shape index (κ3) is 8.14. The smallest absolute Gasteiger partial charge is 0.332 e. The molecule has 0 spiro atoms. The first-order chi connectivity index (χ1) is 18.5. The van der Waals surface area contributed by atoms with E-state index in [1.54, 1.807) is 18.2 Å². The summed E-state index contributed by atoms with van der Waals surface area (Å²) in [6.45, 7) is 6.18. The molecule has 2 aromatic rings. The van der Waals surface area contributed by atoms with E-state index in [1.807, 2.05) is 45.0 Å². The monoisotopic (exact) mass is 564 g/mol. The molecule has 0 unspecified atom stereocenters. The molecule has 39 heavy (non-hydrogen) atoms. The molecule has 9 nitrogen and oxygen atoms in total. The predicted octanol–water partition coefficient (Wildman–Crippen LogP) is 2.98. The van der Waals surface area contributed by atoms with Gasteiger partial charge in [0.2, 0.25) is 0 Å². The summed E-state index contributed by atoms with van der Waals surface area (Å²) in [5.41, 5.74) is 1.86. The SMILES string of the molecule is CC(C)(C)OCC(=O)OC[C@H]1O[C@@H](c2ccc(Cl)c(Cc3ccc(O[C@@H]4CCOC4)cc3)c2)[C@H](O)[C@@H](O)[C@@H]1O. The topological polar surface area (TPSA) is 124 Å². The van der Waals surface area contributed by atoms with Crippen LogP contribution in [0.4, 0.5) is 0 Å². The van der Waals surface area contributed by atoms with Crippen LogP contribution in [0.25, 0.3) is 0 Å². The molecule has 0 aromatic heterocycles. The van der Waals surface area contributed by atoms with E-state index in [0.29, 0.717) is 30.2 Å². The first-order valence-electron chi connectivity index (χ1n) is 13.1. The normalized spacial score (nSPS) is 27.4. The maximum absolute atomic E-state index is 12.1. The van der Waals surface area contributed by atoms with Crippen molar-refractivity contribution in [2.45, 2.75) is 75.8 Å². The van der Waals surface area contributed by atoms with Gasteiger partial charge in [-0.25, -0.2) is 4.79 Å². The minimum atomic E-state index is -1.50. The zero-order chi connectivity index (χ0) is 28.2. The fourth-order valence-electron chi connectivity index (χ4n) is 4.47. The molecule has 4 rings (SSSR count). The highest BCUT2D eigenvalue weighted by atomic mass is 35.5. The molecule has 2 fully saturated rings. The Morgan fingerprint density at radius 3 is 2.46 bits per heavy atom. The number of ether oxygens (including phenoxy) is 5. The summed E-state index contributed by atoms with van der Waals surface area (Å²) in [5, 5.41) is 32.2. The van der Waals surface area contributed by atoms with Crippen LogP contribution >= 0.6 is 11.6 Å². The number of hydrogen-bond acceptors (Lipinski definition) is 9. The Balaban J connectivity index is 1.41. The van der Waals surface area contributed by atoms with Crippen molar-refractivity contribution in [3.05, 3.63) is 64.2 Å². The zero-order valence-corrected chi connectivity index (χ0v) is 23.2. The van der Waals surface area contributed by atoms with Gasteiger partial charge in [-0.3, -0.25) is 0 Å². The molecule has 2 aliphatic rings. The average Bonchev–Trinajstić information content (AvgIpc) is 3.41. The highest BCUT2D eigenvalue weighted by molar-refractivity contribution is 6.31. The van der Waals surface area contributed by atoms with Crippen LogP contribution in [0.2, 0.25) is 5.02 Å². The molecule has 0 radical (unpaired) electrons. The standard InChI is InChI=1S/C29H37ClO9/c1-29(2,3)37-16-24(31)36-15-23-25(32)26(33)27(34)28(39-23)18-6-9-22(30)19(13-18)12-17-4-7-20(8-5-17)38-21-10-11-35-14-21/h4-9,13,21,23,25-28,32-34H,10-12,14-16H2,1-3H3/t21-,23-,25-,26+,27-,28+/m1/s1. The van der Waals surface area contributed by atoms with Crippen LogP contribution in [0.1, 0.15) is 50.0 Å². The molecule has 3 N–H and O–H groups in total. The van der Waals surface area contributed by atoms with E-state index >= 15 is 0 Å². The lowest BCUT2D eigenvalue weighted by molar-refractivity contribution is -0.235. The lowest BCUT2D eigenvalue weighted by Crippen LogP contribution is -2.55. The molecule has 0 saturated carbocycles. The van der Waals surface area contributed by atoms with Crippen LogP contribution in [0, 0.1) is 0 Å². The third-order valence-electron chi connectivity index (χ3n) is 6.65. The van der Waals surface area contributed by atoms with Gasteiger partial charge in [-0.15, -0.1) is 0 Å². The molecule has 2 heterocycles. The van der Waals surface area contributed by atoms with Crippen LogP contribution in [0.3, 0.4) is 0 Å². The summed E-state index contributed by atoms with van der Waals surface area (Å²) < 4.78 is 27.8. The Morgan fingerprint density at radius 1 is 1.05 bits per heavy atom. The van der Waals surface area contributed by atoms with E-state index in [9.17, 15) is 20.1 Å². The number of carbonyl (C=O) groups is 1. The highest BCUT2D eigenvalue weighted by Crippen LogP contribution is 2.35. The Bertz CT molecular complexity index is 1090. The van der Waals surface area contributed by atoms with Crippen molar-refractivity contribution in [3.63, 3.8) is 0 Å². The fourth-order valence-corrected chi connectivity index (χ4v) is 4.65. The largest absolute Gasteiger partial charge is 0.488 e. The van der Waals surface area contributed by atoms with E-state index in [1.165, 1.54) is 0 Å². The van der Waals surface area contributed by atoms with Gasteiger partial charge >= 0.3 is 5.97 Å². The molecule has 10 heteroatoms. The summed E-state index contributed by atoms with van der Waals surface area (Å²) in [6.07, 6.45) is -4.92. The molecule has 2 saturated heterocycles. The summed E-state index contributed by atoms with van der Waals surface area (Å²) in [6, 6.07) is 13.0. The number of hydrogen-bond donors (Lipinski definition) is 3. The van der Waals surface area contributed by atoms with Crippen LogP contribution in [0.15, 0.2) is 42.5 Å². The van der Waals surface area contributed by atoms with E-state index in [0.717, 1.165) is 23.3 Å². The number of esters is 1. The van der Waals surface area contributed by atoms with E-state index in [2.05, 4.69) is 0 Å². The quantitative estimate of drug-likeness (QED) is 0.394. The highest BCUT2D eigenvalue weighted by Gasteiger charge is 2.44. The Labute approximate surface area is 233 Å². The Kier molecular flexibility index (Phi) is 9.87. The van der Waals surface area contributed by atoms with Crippen LogP contribution < -0.4 is 4.74 Å². The number of aliphatic hydroxyl groups is 3. The predicted molar refractivity (Wildman–Crippen MR) is 143 cm³/mol. The van der Waals surface area contributed by atoms with Crippen molar-refractivity contribution in [2.75, 3.05) is 26.4 Å². The minimum absolute atomic E-state index is 0.0712. The lowest BCUT2D eigenvalue weighted by Gasteiger charge is -2.40. The summed E-state index contributed by atoms with van der Waals surface area (Å²) in [7, 11) is 0. The van der Waals surface area contributed by atoms with Crippen LogP contribution in [-0.4, -0.2) is 83.8 Å². The van der Waals surface area contributed by atoms with Gasteiger partial charge < -0.3 is 39.0 Å². The molecule has 0 bridgehead atoms. The van der Waals surface area contributed by atoms with Crippen molar-refractivity contribution in [2.24, 2.45) is 0 Å². The van der Waals surface area contributed by atoms with Gasteiger partial charge in [-0.2, -0.15) is 0 Å². The molecule has 2 aliphatic heterocycles. The molecule has 214 valence electrons. The molecular formula is C29H37ClO9. The summed E-state index contributed by atoms with van der Waals surface area (Å²) in [5.74, 6) is 0.150. The first kappa shape index (κ1) is 29.7. The van der Waals surface area contributed by atoms with E-state index in [4.69, 9.17) is 35.3 Å². The van der Waals surface area contributed by atoms with Gasteiger partial charge in [0.25, 0.3) is 0 Å². The molecule has 6 atom stereocenters.